The Morgan fingerprint density at radius 2 is 1.91 bits per heavy atom. The molecule has 0 bridgehead atoms. The summed E-state index contributed by atoms with van der Waals surface area (Å²) in [6, 6.07) is -0.685. The van der Waals surface area contributed by atoms with Crippen molar-refractivity contribution in [3.63, 3.8) is 0 Å². The molecule has 0 radical (unpaired) electrons. The van der Waals surface area contributed by atoms with Crippen LogP contribution in [0.15, 0.2) is 0 Å². The van der Waals surface area contributed by atoms with Gasteiger partial charge in [0, 0.05) is 6.04 Å². The quantitative estimate of drug-likeness (QED) is 0.409. The fourth-order valence-corrected chi connectivity index (χ4v) is 1.73. The van der Waals surface area contributed by atoms with E-state index in [1.54, 1.807) is 0 Å². The highest BCUT2D eigenvalue weighted by Gasteiger charge is 2.26. The van der Waals surface area contributed by atoms with E-state index in [1.807, 2.05) is 0 Å². The molecular weight excluding hydrogens is 194 g/mol. The number of hydrogen-bond donors (Lipinski definition) is 1. The maximum absolute atomic E-state index is 10.4. The van der Waals surface area contributed by atoms with Crippen LogP contribution in [-0.4, -0.2) is 28.7 Å². The second kappa shape index (κ2) is 3.38. The smallest absolute Gasteiger partial charge is 0.269 e. The van der Waals surface area contributed by atoms with Gasteiger partial charge >= 0.3 is 15.7 Å². The van der Waals surface area contributed by atoms with Gasteiger partial charge in [-0.3, -0.25) is 9.35 Å². The first kappa shape index (κ1) is 10.7. The highest BCUT2D eigenvalue weighted by molar-refractivity contribution is 7.84. The van der Waals surface area contributed by atoms with Gasteiger partial charge < -0.3 is 0 Å². The minimum absolute atomic E-state index is 0.175. The topological polar surface area (TPSA) is 74.7 Å². The van der Waals surface area contributed by atoms with Crippen molar-refractivity contribution in [2.75, 3.05) is 0 Å². The second-order valence-corrected chi connectivity index (χ2v) is 3.73. The van der Waals surface area contributed by atoms with Crippen molar-refractivity contribution < 1.29 is 17.8 Å². The molecule has 11 heavy (non-hydrogen) atoms. The molecule has 0 unspecified atom stereocenters. The van der Waals surface area contributed by atoms with Gasteiger partial charge in [0.1, 0.15) is 0 Å². The standard InChI is InChI=1S/C4H8ClNO4S/c1-3(2)6(4(5)7)11(8,9)10/h3H,1-2H3,(H,8,9,10). The largest absolute Gasteiger partial charge is 0.363 e. The molecule has 0 heterocycles. The molecule has 0 aromatic carbocycles. The molecule has 0 aromatic heterocycles. The fraction of sp³-hybridized carbons (Fsp3) is 0.750. The molecule has 7 heteroatoms. The summed E-state index contributed by atoms with van der Waals surface area (Å²) in [6.45, 7) is 2.82. The van der Waals surface area contributed by atoms with Gasteiger partial charge in [-0.05, 0) is 25.4 Å². The normalized spacial score (nSPS) is 11.7. The lowest BCUT2D eigenvalue weighted by molar-refractivity contribution is 0.234. The van der Waals surface area contributed by atoms with Crippen molar-refractivity contribution in [1.29, 1.82) is 0 Å². The van der Waals surface area contributed by atoms with Gasteiger partial charge in [0.15, 0.2) is 0 Å². The third-order valence-corrected chi connectivity index (χ3v) is 2.26. The molecular formula is C4H8ClNO4S. The molecule has 0 rings (SSSR count). The molecule has 0 spiro atoms. The number of amides is 1. The molecule has 0 aliphatic carbocycles. The summed E-state index contributed by atoms with van der Waals surface area (Å²) in [5.41, 5.74) is 0. The summed E-state index contributed by atoms with van der Waals surface area (Å²) in [4.78, 5) is 10.4. The average molecular weight is 202 g/mol. The lowest BCUT2D eigenvalue weighted by atomic mass is 10.4. The van der Waals surface area contributed by atoms with Gasteiger partial charge in [-0.2, -0.15) is 8.42 Å². The maximum atomic E-state index is 10.4. The third-order valence-electron chi connectivity index (χ3n) is 0.891. The monoisotopic (exact) mass is 201 g/mol. The van der Waals surface area contributed by atoms with E-state index in [0.717, 1.165) is 0 Å². The molecule has 0 aromatic rings. The number of carbonyl (C=O) groups is 1. The summed E-state index contributed by atoms with van der Waals surface area (Å²) >= 11 is 4.87. The first-order chi connectivity index (χ1) is 4.76. The average Bonchev–Trinajstić information content (AvgIpc) is 1.54. The Kier molecular flexibility index (Phi) is 3.28. The molecule has 0 fully saturated rings. The summed E-state index contributed by atoms with van der Waals surface area (Å²) in [5, 5.41) is -1.22. The first-order valence-electron chi connectivity index (χ1n) is 2.73. The van der Waals surface area contributed by atoms with Crippen LogP contribution in [0.1, 0.15) is 13.8 Å². The van der Waals surface area contributed by atoms with Crippen LogP contribution in [0.2, 0.25) is 0 Å². The molecule has 66 valence electrons. The van der Waals surface area contributed by atoms with Crippen molar-refractivity contribution in [2.24, 2.45) is 0 Å². The lowest BCUT2D eigenvalue weighted by Crippen LogP contribution is -2.38. The van der Waals surface area contributed by atoms with Crippen LogP contribution in [0.3, 0.4) is 0 Å². The predicted octanol–water partition coefficient (Wildman–Crippen LogP) is 0.858. The highest BCUT2D eigenvalue weighted by atomic mass is 35.5. The van der Waals surface area contributed by atoms with Crippen molar-refractivity contribution in [1.82, 2.24) is 4.31 Å². The summed E-state index contributed by atoms with van der Waals surface area (Å²) in [6.07, 6.45) is 0. The highest BCUT2D eigenvalue weighted by Crippen LogP contribution is 2.07. The van der Waals surface area contributed by atoms with E-state index in [4.69, 9.17) is 16.2 Å². The molecule has 1 N–H and O–H groups in total. The van der Waals surface area contributed by atoms with Crippen molar-refractivity contribution in [3.8, 4) is 0 Å². The van der Waals surface area contributed by atoms with Gasteiger partial charge in [0.2, 0.25) is 0 Å². The number of nitrogens with zero attached hydrogens (tertiary/aromatic N) is 1. The summed E-state index contributed by atoms with van der Waals surface area (Å²) in [7, 11) is -4.51. The first-order valence-corrected chi connectivity index (χ1v) is 4.50. The predicted molar refractivity (Wildman–Crippen MR) is 39.8 cm³/mol. The van der Waals surface area contributed by atoms with Crippen LogP contribution >= 0.6 is 11.6 Å². The van der Waals surface area contributed by atoms with E-state index in [9.17, 15) is 13.2 Å². The molecule has 0 aliphatic rings. The van der Waals surface area contributed by atoms with Crippen molar-refractivity contribution in [3.05, 3.63) is 0 Å². The van der Waals surface area contributed by atoms with Crippen LogP contribution in [-0.2, 0) is 10.3 Å². The molecule has 0 aliphatic heterocycles. The Hall–Kier alpha value is -0.330. The van der Waals surface area contributed by atoms with E-state index >= 15 is 0 Å². The summed E-state index contributed by atoms with van der Waals surface area (Å²) < 4.78 is 29.4. The van der Waals surface area contributed by atoms with Gasteiger partial charge in [-0.25, -0.2) is 4.31 Å². The van der Waals surface area contributed by atoms with Gasteiger partial charge in [0.25, 0.3) is 0 Å². The third kappa shape index (κ3) is 3.04. The van der Waals surface area contributed by atoms with E-state index in [-0.39, 0.29) is 4.31 Å². The molecule has 0 saturated carbocycles. The van der Waals surface area contributed by atoms with E-state index in [2.05, 4.69) is 0 Å². The number of carbonyl (C=O) groups excluding carboxylic acids is 1. The van der Waals surface area contributed by atoms with Crippen LogP contribution in [0.25, 0.3) is 0 Å². The molecule has 5 nitrogen and oxygen atoms in total. The van der Waals surface area contributed by atoms with Crippen molar-refractivity contribution >= 4 is 27.3 Å². The van der Waals surface area contributed by atoms with Crippen molar-refractivity contribution in [2.45, 2.75) is 19.9 Å². The maximum Gasteiger partial charge on any atom is 0.363 e. The summed E-state index contributed by atoms with van der Waals surface area (Å²) in [5.74, 6) is 0. The molecule has 0 saturated heterocycles. The zero-order valence-electron chi connectivity index (χ0n) is 5.98. The van der Waals surface area contributed by atoms with Gasteiger partial charge in [0.05, 0.1) is 0 Å². The van der Waals surface area contributed by atoms with Crippen LogP contribution in [0.5, 0.6) is 0 Å². The van der Waals surface area contributed by atoms with Gasteiger partial charge in [-0.1, -0.05) is 0 Å². The number of hydrogen-bond acceptors (Lipinski definition) is 3. The van der Waals surface area contributed by atoms with E-state index in [1.165, 1.54) is 13.8 Å². The van der Waals surface area contributed by atoms with E-state index < -0.39 is 21.7 Å². The Morgan fingerprint density at radius 3 is 1.91 bits per heavy atom. The minimum atomic E-state index is -4.51. The molecule has 0 atom stereocenters. The Balaban J connectivity index is 4.79. The van der Waals surface area contributed by atoms with Crippen LogP contribution in [0, 0.1) is 0 Å². The second-order valence-electron chi connectivity index (χ2n) is 2.12. The van der Waals surface area contributed by atoms with E-state index in [0.29, 0.717) is 0 Å². The Morgan fingerprint density at radius 1 is 1.55 bits per heavy atom. The zero-order chi connectivity index (χ0) is 9.23. The zero-order valence-corrected chi connectivity index (χ0v) is 7.56. The number of rotatable bonds is 2. The fourth-order valence-electron chi connectivity index (χ4n) is 0.560. The lowest BCUT2D eigenvalue weighted by Gasteiger charge is -2.18. The Bertz CT molecular complexity index is 247. The van der Waals surface area contributed by atoms with Gasteiger partial charge in [-0.15, -0.1) is 0 Å². The molecule has 1 amide bonds. The Labute approximate surface area is 69.8 Å². The number of halogens is 1. The minimum Gasteiger partial charge on any atom is -0.269 e. The SMILES string of the molecule is CC(C)N(C(=O)Cl)S(=O)(=O)O. The van der Waals surface area contributed by atoms with Crippen LogP contribution < -0.4 is 0 Å². The van der Waals surface area contributed by atoms with Crippen LogP contribution in [0.4, 0.5) is 4.79 Å².